The summed E-state index contributed by atoms with van der Waals surface area (Å²) in [4.78, 5) is 37.3. The number of carboxylic acid groups (broad SMARTS) is 1. The maximum Gasteiger partial charge on any atom is 0.410 e. The van der Waals surface area contributed by atoms with E-state index in [1.165, 1.54) is 18.9 Å². The van der Waals surface area contributed by atoms with Crippen molar-refractivity contribution in [2.45, 2.75) is 26.5 Å². The minimum Gasteiger partial charge on any atom is -0.480 e. The van der Waals surface area contributed by atoms with Crippen molar-refractivity contribution in [3.63, 3.8) is 0 Å². The molecule has 7 heteroatoms. The SMILES string of the molecule is CCN(C(=O)CN(C)C(=O)OCc1ccccc1)[C@@H](C)C(=O)O. The summed E-state index contributed by atoms with van der Waals surface area (Å²) < 4.78 is 5.11. The van der Waals surface area contributed by atoms with Crippen molar-refractivity contribution in [2.75, 3.05) is 20.1 Å². The smallest absolute Gasteiger partial charge is 0.410 e. The summed E-state index contributed by atoms with van der Waals surface area (Å²) in [6.45, 7) is 3.24. The third-order valence-electron chi connectivity index (χ3n) is 3.38. The molecule has 1 aromatic rings. The van der Waals surface area contributed by atoms with Crippen molar-refractivity contribution in [2.24, 2.45) is 0 Å². The molecule has 23 heavy (non-hydrogen) atoms. The topological polar surface area (TPSA) is 87.2 Å². The maximum atomic E-state index is 12.1. The summed E-state index contributed by atoms with van der Waals surface area (Å²) in [5.74, 6) is -1.53. The summed E-state index contributed by atoms with van der Waals surface area (Å²) >= 11 is 0. The average Bonchev–Trinajstić information content (AvgIpc) is 2.53. The fourth-order valence-corrected chi connectivity index (χ4v) is 1.99. The number of carbonyl (C=O) groups is 3. The molecule has 1 N–H and O–H groups in total. The second kappa shape index (κ2) is 8.77. The van der Waals surface area contributed by atoms with Crippen LogP contribution in [0, 0.1) is 0 Å². The molecule has 0 aliphatic rings. The van der Waals surface area contributed by atoms with Crippen LogP contribution in [-0.2, 0) is 20.9 Å². The van der Waals surface area contributed by atoms with Gasteiger partial charge in [-0.25, -0.2) is 9.59 Å². The van der Waals surface area contributed by atoms with E-state index in [0.717, 1.165) is 10.5 Å². The number of amides is 2. The number of nitrogens with zero attached hydrogens (tertiary/aromatic N) is 2. The number of rotatable bonds is 7. The number of hydrogen-bond acceptors (Lipinski definition) is 4. The summed E-state index contributed by atoms with van der Waals surface area (Å²) in [5, 5.41) is 8.99. The van der Waals surface area contributed by atoms with Gasteiger partial charge in [-0.2, -0.15) is 0 Å². The molecule has 1 rings (SSSR count). The Morgan fingerprint density at radius 3 is 2.35 bits per heavy atom. The maximum absolute atomic E-state index is 12.1. The summed E-state index contributed by atoms with van der Waals surface area (Å²) in [7, 11) is 1.44. The number of aliphatic carboxylic acids is 1. The van der Waals surface area contributed by atoms with Crippen molar-refractivity contribution >= 4 is 18.0 Å². The predicted octanol–water partition coefficient (Wildman–Crippen LogP) is 1.58. The fourth-order valence-electron chi connectivity index (χ4n) is 1.99. The number of likely N-dealkylation sites (N-methyl/N-ethyl adjacent to an activating group) is 2. The molecule has 0 heterocycles. The van der Waals surface area contributed by atoms with E-state index in [-0.39, 0.29) is 19.7 Å². The first-order chi connectivity index (χ1) is 10.9. The van der Waals surface area contributed by atoms with Crippen LogP contribution in [0.5, 0.6) is 0 Å². The highest BCUT2D eigenvalue weighted by atomic mass is 16.6. The van der Waals surface area contributed by atoms with Gasteiger partial charge in [-0.1, -0.05) is 30.3 Å². The highest BCUT2D eigenvalue weighted by molar-refractivity contribution is 5.86. The van der Waals surface area contributed by atoms with Gasteiger partial charge in [0.1, 0.15) is 19.2 Å². The summed E-state index contributed by atoms with van der Waals surface area (Å²) in [6.07, 6.45) is -0.638. The second-order valence-corrected chi connectivity index (χ2v) is 5.09. The van der Waals surface area contributed by atoms with Crippen LogP contribution in [0.15, 0.2) is 30.3 Å². The van der Waals surface area contributed by atoms with E-state index in [1.54, 1.807) is 6.92 Å². The van der Waals surface area contributed by atoms with Crippen LogP contribution >= 0.6 is 0 Å². The van der Waals surface area contributed by atoms with Crippen molar-refractivity contribution in [3.8, 4) is 0 Å². The van der Waals surface area contributed by atoms with E-state index in [9.17, 15) is 14.4 Å². The first-order valence-corrected chi connectivity index (χ1v) is 7.30. The van der Waals surface area contributed by atoms with Crippen LogP contribution in [0.3, 0.4) is 0 Å². The molecule has 0 fully saturated rings. The highest BCUT2D eigenvalue weighted by Crippen LogP contribution is 2.05. The predicted molar refractivity (Wildman–Crippen MR) is 83.7 cm³/mol. The number of carboxylic acids is 1. The molecular formula is C16H22N2O5. The molecule has 0 spiro atoms. The third-order valence-corrected chi connectivity index (χ3v) is 3.38. The minimum atomic E-state index is -1.09. The minimum absolute atomic E-state index is 0.112. The molecule has 0 radical (unpaired) electrons. The van der Waals surface area contributed by atoms with Crippen LogP contribution in [0.1, 0.15) is 19.4 Å². The average molecular weight is 322 g/mol. The van der Waals surface area contributed by atoms with Gasteiger partial charge in [-0.15, -0.1) is 0 Å². The lowest BCUT2D eigenvalue weighted by molar-refractivity contribution is -0.149. The van der Waals surface area contributed by atoms with E-state index in [2.05, 4.69) is 0 Å². The van der Waals surface area contributed by atoms with Crippen LogP contribution in [-0.4, -0.2) is 59.1 Å². The van der Waals surface area contributed by atoms with Gasteiger partial charge in [0.05, 0.1) is 0 Å². The molecule has 0 bridgehead atoms. The van der Waals surface area contributed by atoms with Gasteiger partial charge in [0, 0.05) is 13.6 Å². The van der Waals surface area contributed by atoms with E-state index in [4.69, 9.17) is 9.84 Å². The summed E-state index contributed by atoms with van der Waals surface area (Å²) in [6, 6.07) is 8.24. The molecule has 0 saturated heterocycles. The lowest BCUT2D eigenvalue weighted by Gasteiger charge is -2.27. The molecule has 0 saturated carbocycles. The Labute approximate surface area is 135 Å². The Morgan fingerprint density at radius 2 is 1.83 bits per heavy atom. The Kier molecular flexibility index (Phi) is 7.05. The molecule has 0 aliphatic heterocycles. The molecule has 2 amide bonds. The zero-order valence-corrected chi connectivity index (χ0v) is 13.6. The largest absolute Gasteiger partial charge is 0.480 e. The second-order valence-electron chi connectivity index (χ2n) is 5.09. The zero-order valence-electron chi connectivity index (χ0n) is 13.6. The third kappa shape index (κ3) is 5.61. The number of carbonyl (C=O) groups excluding carboxylic acids is 2. The van der Waals surface area contributed by atoms with Crippen molar-refractivity contribution in [3.05, 3.63) is 35.9 Å². The van der Waals surface area contributed by atoms with E-state index < -0.39 is 24.0 Å². The lowest BCUT2D eigenvalue weighted by Crippen LogP contribution is -2.47. The van der Waals surface area contributed by atoms with Gasteiger partial charge in [-0.05, 0) is 19.4 Å². The molecule has 126 valence electrons. The van der Waals surface area contributed by atoms with Gasteiger partial charge < -0.3 is 19.6 Å². The summed E-state index contributed by atoms with van der Waals surface area (Å²) in [5.41, 5.74) is 0.843. The first kappa shape index (κ1) is 18.5. The zero-order chi connectivity index (χ0) is 17.4. The number of hydrogen-bond donors (Lipinski definition) is 1. The first-order valence-electron chi connectivity index (χ1n) is 7.30. The quantitative estimate of drug-likeness (QED) is 0.823. The Balaban J connectivity index is 2.53. The van der Waals surface area contributed by atoms with Crippen LogP contribution in [0.2, 0.25) is 0 Å². The standard InChI is InChI=1S/C16H22N2O5/c1-4-18(12(2)15(20)21)14(19)10-17(3)16(22)23-11-13-8-6-5-7-9-13/h5-9,12H,4,10-11H2,1-3H3,(H,20,21)/t12-/m0/s1. The van der Waals surface area contributed by atoms with Crippen LogP contribution in [0.4, 0.5) is 4.79 Å². The molecule has 7 nitrogen and oxygen atoms in total. The van der Waals surface area contributed by atoms with E-state index >= 15 is 0 Å². The monoisotopic (exact) mass is 322 g/mol. The van der Waals surface area contributed by atoms with E-state index in [0.29, 0.717) is 0 Å². The molecule has 0 unspecified atom stereocenters. The van der Waals surface area contributed by atoms with Gasteiger partial charge in [0.15, 0.2) is 0 Å². The van der Waals surface area contributed by atoms with Gasteiger partial charge >= 0.3 is 12.1 Å². The van der Waals surface area contributed by atoms with Crippen molar-refractivity contribution in [1.29, 1.82) is 0 Å². The van der Waals surface area contributed by atoms with Crippen molar-refractivity contribution in [1.82, 2.24) is 9.80 Å². The lowest BCUT2D eigenvalue weighted by atomic mass is 10.2. The van der Waals surface area contributed by atoms with Crippen molar-refractivity contribution < 1.29 is 24.2 Å². The van der Waals surface area contributed by atoms with Gasteiger partial charge in [0.2, 0.25) is 5.91 Å². The molecule has 1 atom stereocenters. The fraction of sp³-hybridized carbons (Fsp3) is 0.438. The Bertz CT molecular complexity index is 547. The van der Waals surface area contributed by atoms with Gasteiger partial charge in [0.25, 0.3) is 0 Å². The molecule has 0 aliphatic carbocycles. The highest BCUT2D eigenvalue weighted by Gasteiger charge is 2.26. The molecule has 0 aromatic heterocycles. The van der Waals surface area contributed by atoms with Crippen LogP contribution in [0.25, 0.3) is 0 Å². The molecule has 1 aromatic carbocycles. The van der Waals surface area contributed by atoms with Gasteiger partial charge in [-0.3, -0.25) is 4.79 Å². The number of benzene rings is 1. The Morgan fingerprint density at radius 1 is 1.22 bits per heavy atom. The Hall–Kier alpha value is -2.57. The normalized spacial score (nSPS) is 11.4. The van der Waals surface area contributed by atoms with Crippen LogP contribution < -0.4 is 0 Å². The number of ether oxygens (including phenoxy) is 1. The molecular weight excluding hydrogens is 300 g/mol. The van der Waals surface area contributed by atoms with E-state index in [1.807, 2.05) is 30.3 Å².